The highest BCUT2D eigenvalue weighted by atomic mass is 16.5. The van der Waals surface area contributed by atoms with Gasteiger partial charge in [-0.3, -0.25) is 9.59 Å². The first-order valence-electron chi connectivity index (χ1n) is 6.75. The number of amides is 2. The summed E-state index contributed by atoms with van der Waals surface area (Å²) in [5, 5.41) is 3.83. The molecule has 0 aliphatic carbocycles. The van der Waals surface area contributed by atoms with E-state index in [-0.39, 0.29) is 11.8 Å². The molecule has 0 atom stereocenters. The van der Waals surface area contributed by atoms with Crippen LogP contribution in [0.5, 0.6) is 5.75 Å². The number of carbonyl (C=O) groups is 2. The topological polar surface area (TPSA) is 71.0 Å². The smallest absolute Gasteiger partial charge is 0.270 e. The van der Waals surface area contributed by atoms with Crippen LogP contribution in [0.4, 0.5) is 0 Å². The molecule has 0 bridgehead atoms. The zero-order valence-corrected chi connectivity index (χ0v) is 12.5. The third-order valence-corrected chi connectivity index (χ3v) is 3.34. The highest BCUT2D eigenvalue weighted by molar-refractivity contribution is 6.39. The number of rotatable bonds is 4. The Morgan fingerprint density at radius 2 is 2.19 bits per heavy atom. The van der Waals surface area contributed by atoms with Crippen molar-refractivity contribution in [2.45, 2.75) is 26.3 Å². The number of aryl methyl sites for hydroxylation is 1. The summed E-state index contributed by atoms with van der Waals surface area (Å²) in [4.78, 5) is 24.9. The first-order valence-corrected chi connectivity index (χ1v) is 6.75. The Bertz CT molecular complexity index is 596. The van der Waals surface area contributed by atoms with Gasteiger partial charge in [-0.2, -0.15) is 5.10 Å². The molecule has 6 heteroatoms. The molecule has 0 fully saturated rings. The monoisotopic (exact) mass is 289 g/mol. The van der Waals surface area contributed by atoms with Crippen LogP contribution in [0, 0.1) is 6.92 Å². The third kappa shape index (κ3) is 3.59. The Kier molecular flexibility index (Phi) is 4.57. The van der Waals surface area contributed by atoms with Crippen molar-refractivity contribution in [3.05, 3.63) is 29.3 Å². The van der Waals surface area contributed by atoms with Crippen LogP contribution < -0.4 is 10.2 Å². The molecular weight excluding hydrogens is 270 g/mol. The molecule has 112 valence electrons. The first kappa shape index (κ1) is 15.0. The van der Waals surface area contributed by atoms with Crippen LogP contribution in [-0.4, -0.2) is 36.6 Å². The van der Waals surface area contributed by atoms with Crippen molar-refractivity contribution in [3.8, 4) is 5.75 Å². The van der Waals surface area contributed by atoms with E-state index in [4.69, 9.17) is 4.74 Å². The molecule has 0 aromatic heterocycles. The van der Waals surface area contributed by atoms with Crippen molar-refractivity contribution in [1.82, 2.24) is 10.3 Å². The van der Waals surface area contributed by atoms with Crippen LogP contribution in [0.3, 0.4) is 0 Å². The van der Waals surface area contributed by atoms with Gasteiger partial charge in [-0.25, -0.2) is 5.43 Å². The van der Waals surface area contributed by atoms with Crippen molar-refractivity contribution in [2.75, 3.05) is 14.2 Å². The van der Waals surface area contributed by atoms with Gasteiger partial charge in [0.1, 0.15) is 11.5 Å². The Labute approximate surface area is 123 Å². The molecule has 0 saturated carbocycles. The maximum atomic E-state index is 12.3. The fraction of sp³-hybridized carbons (Fsp3) is 0.400. The summed E-state index contributed by atoms with van der Waals surface area (Å²) >= 11 is 0. The van der Waals surface area contributed by atoms with Crippen LogP contribution in [0.1, 0.15) is 24.0 Å². The van der Waals surface area contributed by atoms with E-state index in [0.717, 1.165) is 16.9 Å². The molecule has 21 heavy (non-hydrogen) atoms. The van der Waals surface area contributed by atoms with Gasteiger partial charge in [-0.1, -0.05) is 17.7 Å². The SMILES string of the molecule is COc1ccc(C)cc1CN(C)C(=O)C1=NNC(=O)CC1. The predicted octanol–water partition coefficient (Wildman–Crippen LogP) is 1.23. The van der Waals surface area contributed by atoms with E-state index in [1.165, 1.54) is 0 Å². The lowest BCUT2D eigenvalue weighted by atomic mass is 10.1. The predicted molar refractivity (Wildman–Crippen MR) is 79.0 cm³/mol. The van der Waals surface area contributed by atoms with Gasteiger partial charge in [-0.15, -0.1) is 0 Å². The maximum absolute atomic E-state index is 12.3. The van der Waals surface area contributed by atoms with Gasteiger partial charge < -0.3 is 9.64 Å². The summed E-state index contributed by atoms with van der Waals surface area (Å²) in [5.41, 5.74) is 4.76. The molecule has 1 aliphatic rings. The number of hydrogen-bond donors (Lipinski definition) is 1. The first-order chi connectivity index (χ1) is 10.0. The summed E-state index contributed by atoms with van der Waals surface area (Å²) in [6.45, 7) is 2.42. The summed E-state index contributed by atoms with van der Waals surface area (Å²) in [6, 6.07) is 5.85. The van der Waals surface area contributed by atoms with Gasteiger partial charge in [0.2, 0.25) is 5.91 Å². The van der Waals surface area contributed by atoms with Crippen molar-refractivity contribution >= 4 is 17.5 Å². The molecule has 0 spiro atoms. The number of methoxy groups -OCH3 is 1. The summed E-state index contributed by atoms with van der Waals surface area (Å²) in [6.07, 6.45) is 0.673. The second-order valence-corrected chi connectivity index (χ2v) is 5.07. The van der Waals surface area contributed by atoms with Crippen LogP contribution in [0.15, 0.2) is 23.3 Å². The van der Waals surface area contributed by atoms with Gasteiger partial charge in [0, 0.05) is 32.0 Å². The second kappa shape index (κ2) is 6.39. The quantitative estimate of drug-likeness (QED) is 0.906. The lowest BCUT2D eigenvalue weighted by Gasteiger charge is -2.21. The van der Waals surface area contributed by atoms with Crippen molar-refractivity contribution in [1.29, 1.82) is 0 Å². The van der Waals surface area contributed by atoms with E-state index in [1.54, 1.807) is 19.1 Å². The minimum absolute atomic E-state index is 0.158. The van der Waals surface area contributed by atoms with E-state index < -0.39 is 0 Å². The Balaban J connectivity index is 2.11. The Hall–Kier alpha value is -2.37. The van der Waals surface area contributed by atoms with Gasteiger partial charge in [0.15, 0.2) is 0 Å². The molecule has 1 N–H and O–H groups in total. The van der Waals surface area contributed by atoms with Gasteiger partial charge >= 0.3 is 0 Å². The number of hydrazone groups is 1. The minimum atomic E-state index is -0.182. The van der Waals surface area contributed by atoms with Crippen molar-refractivity contribution in [2.24, 2.45) is 5.10 Å². The number of ether oxygens (including phenoxy) is 1. The Morgan fingerprint density at radius 1 is 1.43 bits per heavy atom. The zero-order valence-electron chi connectivity index (χ0n) is 12.5. The fourth-order valence-electron chi connectivity index (χ4n) is 2.21. The lowest BCUT2D eigenvalue weighted by Crippen LogP contribution is -2.37. The van der Waals surface area contributed by atoms with E-state index in [2.05, 4.69) is 10.5 Å². The zero-order chi connectivity index (χ0) is 15.4. The maximum Gasteiger partial charge on any atom is 0.270 e. The highest BCUT2D eigenvalue weighted by Gasteiger charge is 2.22. The van der Waals surface area contributed by atoms with Gasteiger partial charge in [-0.05, 0) is 13.0 Å². The van der Waals surface area contributed by atoms with Crippen molar-refractivity contribution < 1.29 is 14.3 Å². The molecule has 6 nitrogen and oxygen atoms in total. The average Bonchev–Trinajstić information content (AvgIpc) is 2.47. The number of carbonyl (C=O) groups excluding carboxylic acids is 2. The number of nitrogens with zero attached hydrogens (tertiary/aromatic N) is 2. The van der Waals surface area contributed by atoms with E-state index in [1.807, 2.05) is 25.1 Å². The van der Waals surface area contributed by atoms with E-state index in [9.17, 15) is 9.59 Å². The molecule has 1 aliphatic heterocycles. The standard InChI is InChI=1S/C15H19N3O3/c1-10-4-6-13(21-3)11(8-10)9-18(2)15(20)12-5-7-14(19)17-16-12/h4,6,8H,5,7,9H2,1-3H3,(H,17,19). The summed E-state index contributed by atoms with van der Waals surface area (Å²) in [5.74, 6) is 0.409. The lowest BCUT2D eigenvalue weighted by molar-refractivity contribution is -0.124. The number of hydrogen-bond acceptors (Lipinski definition) is 4. The second-order valence-electron chi connectivity index (χ2n) is 5.07. The number of nitrogens with one attached hydrogen (secondary N) is 1. The van der Waals surface area contributed by atoms with Crippen LogP contribution >= 0.6 is 0 Å². The summed E-state index contributed by atoms with van der Waals surface area (Å²) in [7, 11) is 3.32. The fourth-order valence-corrected chi connectivity index (χ4v) is 2.21. The Morgan fingerprint density at radius 3 is 2.81 bits per heavy atom. The molecule has 0 saturated heterocycles. The molecule has 1 heterocycles. The molecular formula is C15H19N3O3. The normalized spacial score (nSPS) is 14.2. The van der Waals surface area contributed by atoms with E-state index in [0.29, 0.717) is 25.1 Å². The highest BCUT2D eigenvalue weighted by Crippen LogP contribution is 2.21. The molecule has 0 radical (unpaired) electrons. The van der Waals surface area contributed by atoms with Gasteiger partial charge in [0.05, 0.1) is 7.11 Å². The third-order valence-electron chi connectivity index (χ3n) is 3.34. The average molecular weight is 289 g/mol. The minimum Gasteiger partial charge on any atom is -0.496 e. The van der Waals surface area contributed by atoms with Crippen molar-refractivity contribution in [3.63, 3.8) is 0 Å². The number of benzene rings is 1. The molecule has 1 aromatic carbocycles. The van der Waals surface area contributed by atoms with Gasteiger partial charge in [0.25, 0.3) is 5.91 Å². The molecule has 0 unspecified atom stereocenters. The van der Waals surface area contributed by atoms with Crippen LogP contribution in [0.25, 0.3) is 0 Å². The van der Waals surface area contributed by atoms with Crippen LogP contribution in [0.2, 0.25) is 0 Å². The van der Waals surface area contributed by atoms with E-state index >= 15 is 0 Å². The molecule has 2 rings (SSSR count). The molecule has 2 amide bonds. The van der Waals surface area contributed by atoms with Crippen LogP contribution in [-0.2, 0) is 16.1 Å². The summed E-state index contributed by atoms with van der Waals surface area (Å²) < 4.78 is 5.32. The largest absolute Gasteiger partial charge is 0.496 e. The molecule has 1 aromatic rings.